The molecule has 0 saturated heterocycles. The van der Waals surface area contributed by atoms with Crippen molar-refractivity contribution in [3.8, 4) is 0 Å². The van der Waals surface area contributed by atoms with Crippen LogP contribution in [0.15, 0.2) is 0 Å². The van der Waals surface area contributed by atoms with Gasteiger partial charge >= 0.3 is 0 Å². The van der Waals surface area contributed by atoms with Crippen LogP contribution < -0.4 is 5.73 Å². The van der Waals surface area contributed by atoms with Crippen LogP contribution >= 0.6 is 0 Å². The highest BCUT2D eigenvalue weighted by Crippen LogP contribution is 2.30. The minimum absolute atomic E-state index is 0.00351. The largest absolute Gasteiger partial charge is 0.383 e. The number of hydrogen-bond acceptors (Lipinski definition) is 3. The fraction of sp³-hybridized carbons (Fsp3) is 0.938. The first kappa shape index (κ1) is 17.4. The summed E-state index contributed by atoms with van der Waals surface area (Å²) in [5.74, 6) is 0.690. The molecule has 1 aliphatic rings. The Morgan fingerprint density at radius 2 is 2.00 bits per heavy atom. The van der Waals surface area contributed by atoms with Gasteiger partial charge < -0.3 is 15.4 Å². The first-order valence-corrected chi connectivity index (χ1v) is 8.11. The van der Waals surface area contributed by atoms with Gasteiger partial charge in [-0.15, -0.1) is 0 Å². The zero-order valence-electron chi connectivity index (χ0n) is 13.6. The molecule has 0 aromatic carbocycles. The highest BCUT2D eigenvalue weighted by atomic mass is 16.5. The molecule has 4 heteroatoms. The summed E-state index contributed by atoms with van der Waals surface area (Å²) in [7, 11) is 1.68. The summed E-state index contributed by atoms with van der Waals surface area (Å²) >= 11 is 0. The first-order valence-electron chi connectivity index (χ1n) is 8.11. The molecular weight excluding hydrogens is 252 g/mol. The normalized spacial score (nSPS) is 26.8. The van der Waals surface area contributed by atoms with Crippen LogP contribution in [0.25, 0.3) is 0 Å². The Bertz CT molecular complexity index is 292. The zero-order valence-corrected chi connectivity index (χ0v) is 13.6. The maximum atomic E-state index is 12.9. The van der Waals surface area contributed by atoms with Crippen LogP contribution in [0, 0.1) is 11.8 Å². The lowest BCUT2D eigenvalue weighted by molar-refractivity contribution is -0.141. The van der Waals surface area contributed by atoms with Crippen LogP contribution in [0.1, 0.15) is 52.9 Å². The van der Waals surface area contributed by atoms with E-state index in [0.29, 0.717) is 25.1 Å². The van der Waals surface area contributed by atoms with E-state index in [1.807, 2.05) is 4.90 Å². The zero-order chi connectivity index (χ0) is 15.1. The quantitative estimate of drug-likeness (QED) is 0.781. The molecule has 1 rings (SSSR count). The number of amides is 1. The maximum absolute atomic E-state index is 12.9. The Morgan fingerprint density at radius 1 is 1.35 bits per heavy atom. The SMILES string of the molecule is CCC(CC)N(CCOC)C(=O)C1CCCC(C)C1N. The van der Waals surface area contributed by atoms with E-state index in [9.17, 15) is 4.79 Å². The summed E-state index contributed by atoms with van der Waals surface area (Å²) in [6.07, 6.45) is 5.18. The Labute approximate surface area is 124 Å². The molecule has 0 aromatic rings. The number of nitrogens with two attached hydrogens (primary N) is 1. The van der Waals surface area contributed by atoms with E-state index >= 15 is 0 Å². The average molecular weight is 284 g/mol. The van der Waals surface area contributed by atoms with Gasteiger partial charge in [-0.2, -0.15) is 0 Å². The second-order valence-electron chi connectivity index (χ2n) is 6.09. The molecule has 1 aliphatic carbocycles. The predicted octanol–water partition coefficient (Wildman–Crippen LogP) is 2.41. The number of rotatable bonds is 7. The summed E-state index contributed by atoms with van der Waals surface area (Å²) in [6, 6.07) is 0.317. The minimum Gasteiger partial charge on any atom is -0.383 e. The van der Waals surface area contributed by atoms with Gasteiger partial charge in [0.05, 0.1) is 12.5 Å². The molecule has 3 unspecified atom stereocenters. The Morgan fingerprint density at radius 3 is 2.55 bits per heavy atom. The van der Waals surface area contributed by atoms with Gasteiger partial charge in [-0.05, 0) is 31.6 Å². The molecule has 0 aliphatic heterocycles. The van der Waals surface area contributed by atoms with E-state index in [4.69, 9.17) is 10.5 Å². The van der Waals surface area contributed by atoms with Gasteiger partial charge in [-0.1, -0.05) is 27.2 Å². The third-order valence-electron chi connectivity index (χ3n) is 4.82. The van der Waals surface area contributed by atoms with Gasteiger partial charge in [0, 0.05) is 25.7 Å². The van der Waals surface area contributed by atoms with Gasteiger partial charge in [0.15, 0.2) is 0 Å². The van der Waals surface area contributed by atoms with Crippen molar-refractivity contribution in [1.82, 2.24) is 4.90 Å². The van der Waals surface area contributed by atoms with Crippen molar-refractivity contribution in [2.75, 3.05) is 20.3 Å². The molecule has 1 fully saturated rings. The molecule has 0 spiro atoms. The topological polar surface area (TPSA) is 55.6 Å². The Kier molecular flexibility index (Phi) is 7.52. The minimum atomic E-state index is -0.00351. The molecule has 0 aromatic heterocycles. The van der Waals surface area contributed by atoms with Gasteiger partial charge in [0.25, 0.3) is 0 Å². The molecule has 20 heavy (non-hydrogen) atoms. The van der Waals surface area contributed by atoms with Crippen LogP contribution in [0.4, 0.5) is 0 Å². The Balaban J connectivity index is 2.80. The van der Waals surface area contributed by atoms with Crippen LogP contribution in [-0.4, -0.2) is 43.2 Å². The van der Waals surface area contributed by atoms with E-state index in [-0.39, 0.29) is 17.9 Å². The van der Waals surface area contributed by atoms with Crippen LogP contribution in [0.5, 0.6) is 0 Å². The molecule has 118 valence electrons. The summed E-state index contributed by atoms with van der Waals surface area (Å²) in [5.41, 5.74) is 6.29. The summed E-state index contributed by atoms with van der Waals surface area (Å²) in [4.78, 5) is 14.9. The highest BCUT2D eigenvalue weighted by Gasteiger charge is 2.36. The Hall–Kier alpha value is -0.610. The average Bonchev–Trinajstić information content (AvgIpc) is 2.45. The predicted molar refractivity (Wildman–Crippen MR) is 82.4 cm³/mol. The summed E-state index contributed by atoms with van der Waals surface area (Å²) in [6.45, 7) is 7.73. The number of carbonyl (C=O) groups is 1. The smallest absolute Gasteiger partial charge is 0.227 e. The molecule has 3 atom stereocenters. The van der Waals surface area contributed by atoms with Gasteiger partial charge in [0.1, 0.15) is 0 Å². The van der Waals surface area contributed by atoms with Crippen molar-refractivity contribution in [2.45, 2.75) is 65.0 Å². The molecular formula is C16H32N2O2. The second-order valence-corrected chi connectivity index (χ2v) is 6.09. The standard InChI is InChI=1S/C16H32N2O2/c1-5-13(6-2)18(10-11-20-4)16(19)14-9-7-8-12(3)15(14)17/h12-15H,5-11,17H2,1-4H3. The molecule has 4 nitrogen and oxygen atoms in total. The highest BCUT2D eigenvalue weighted by molar-refractivity contribution is 5.80. The van der Waals surface area contributed by atoms with Gasteiger partial charge in [-0.25, -0.2) is 0 Å². The van der Waals surface area contributed by atoms with E-state index in [2.05, 4.69) is 20.8 Å². The lowest BCUT2D eigenvalue weighted by atomic mass is 9.77. The molecule has 0 heterocycles. The van der Waals surface area contributed by atoms with E-state index < -0.39 is 0 Å². The van der Waals surface area contributed by atoms with E-state index in [1.165, 1.54) is 0 Å². The summed E-state index contributed by atoms with van der Waals surface area (Å²) < 4.78 is 5.17. The lowest BCUT2D eigenvalue weighted by Crippen LogP contribution is -2.52. The number of ether oxygens (including phenoxy) is 1. The lowest BCUT2D eigenvalue weighted by Gasteiger charge is -2.39. The van der Waals surface area contributed by atoms with Crippen molar-refractivity contribution < 1.29 is 9.53 Å². The third-order valence-corrected chi connectivity index (χ3v) is 4.82. The van der Waals surface area contributed by atoms with Crippen LogP contribution in [-0.2, 0) is 9.53 Å². The number of carbonyl (C=O) groups excluding carboxylic acids is 1. The second kappa shape index (κ2) is 8.63. The van der Waals surface area contributed by atoms with E-state index in [1.54, 1.807) is 7.11 Å². The monoisotopic (exact) mass is 284 g/mol. The van der Waals surface area contributed by atoms with E-state index in [0.717, 1.165) is 32.1 Å². The number of hydrogen-bond donors (Lipinski definition) is 1. The number of methoxy groups -OCH3 is 1. The summed E-state index contributed by atoms with van der Waals surface area (Å²) in [5, 5.41) is 0. The molecule has 0 radical (unpaired) electrons. The van der Waals surface area contributed by atoms with Crippen LogP contribution in [0.2, 0.25) is 0 Å². The third kappa shape index (κ3) is 4.19. The molecule has 1 saturated carbocycles. The van der Waals surface area contributed by atoms with Crippen molar-refractivity contribution >= 4 is 5.91 Å². The maximum Gasteiger partial charge on any atom is 0.227 e. The fourth-order valence-electron chi connectivity index (χ4n) is 3.33. The van der Waals surface area contributed by atoms with Gasteiger partial charge in [0.2, 0.25) is 5.91 Å². The first-order chi connectivity index (χ1) is 9.56. The molecule has 1 amide bonds. The molecule has 2 N–H and O–H groups in total. The molecule has 0 bridgehead atoms. The fourth-order valence-corrected chi connectivity index (χ4v) is 3.33. The van der Waals surface area contributed by atoms with Crippen molar-refractivity contribution in [3.05, 3.63) is 0 Å². The van der Waals surface area contributed by atoms with Crippen molar-refractivity contribution in [2.24, 2.45) is 17.6 Å². The number of nitrogens with zero attached hydrogens (tertiary/aromatic N) is 1. The van der Waals surface area contributed by atoms with Crippen LogP contribution in [0.3, 0.4) is 0 Å². The van der Waals surface area contributed by atoms with Gasteiger partial charge in [-0.3, -0.25) is 4.79 Å². The van der Waals surface area contributed by atoms with Crippen molar-refractivity contribution in [3.63, 3.8) is 0 Å². The van der Waals surface area contributed by atoms with Crippen molar-refractivity contribution in [1.29, 1.82) is 0 Å².